The maximum absolute atomic E-state index is 12.6. The van der Waals surface area contributed by atoms with Gasteiger partial charge in [-0.05, 0) is 51.5 Å². The minimum atomic E-state index is 0. The van der Waals surface area contributed by atoms with Gasteiger partial charge in [-0.15, -0.1) is 37.2 Å². The normalized spacial score (nSPS) is 10.7. The van der Waals surface area contributed by atoms with Gasteiger partial charge in [0.1, 0.15) is 0 Å². The van der Waals surface area contributed by atoms with Crippen molar-refractivity contribution < 1.29 is 4.79 Å². The monoisotopic (exact) mass is 434 g/mol. The summed E-state index contributed by atoms with van der Waals surface area (Å²) in [7, 11) is 0. The van der Waals surface area contributed by atoms with E-state index in [0.29, 0.717) is 25.9 Å². The lowest BCUT2D eigenvalue weighted by Crippen LogP contribution is -2.32. The van der Waals surface area contributed by atoms with Crippen molar-refractivity contribution in [3.05, 3.63) is 59.2 Å². The van der Waals surface area contributed by atoms with Crippen LogP contribution in [0.1, 0.15) is 42.5 Å². The molecule has 2 N–H and O–H groups in total. The molecule has 27 heavy (non-hydrogen) atoms. The zero-order valence-corrected chi connectivity index (χ0v) is 18.4. The van der Waals surface area contributed by atoms with Gasteiger partial charge in [0.2, 0.25) is 5.91 Å². The number of pyridine rings is 2. The Bertz CT molecular complexity index is 651. The predicted octanol–water partition coefficient (Wildman–Crippen LogP) is 4.02. The Kier molecular flexibility index (Phi) is 14.1. The lowest BCUT2D eigenvalue weighted by molar-refractivity contribution is -0.132. The number of amides is 1. The fourth-order valence-electron chi connectivity index (χ4n) is 2.51. The molecule has 2 rings (SSSR count). The number of carbonyl (C=O) groups is 1. The fourth-order valence-corrected chi connectivity index (χ4v) is 2.51. The van der Waals surface area contributed by atoms with Gasteiger partial charge in [-0.1, -0.05) is 12.1 Å². The molecular formula is C19H29Cl3N4O. The van der Waals surface area contributed by atoms with Crippen LogP contribution in [-0.2, 0) is 17.9 Å². The molecule has 1 amide bonds. The van der Waals surface area contributed by atoms with E-state index in [2.05, 4.69) is 9.97 Å². The van der Waals surface area contributed by atoms with Crippen LogP contribution in [0.15, 0.2) is 36.4 Å². The molecule has 0 bridgehead atoms. The van der Waals surface area contributed by atoms with Crippen LogP contribution in [0.4, 0.5) is 0 Å². The molecule has 0 spiro atoms. The van der Waals surface area contributed by atoms with Gasteiger partial charge in [0.15, 0.2) is 0 Å². The van der Waals surface area contributed by atoms with Gasteiger partial charge in [0.05, 0.1) is 24.5 Å². The Labute approximate surface area is 180 Å². The van der Waals surface area contributed by atoms with E-state index < -0.39 is 0 Å². The first-order valence-electron chi connectivity index (χ1n) is 8.32. The highest BCUT2D eigenvalue weighted by Crippen LogP contribution is 2.11. The molecule has 8 heteroatoms. The highest BCUT2D eigenvalue weighted by Gasteiger charge is 2.16. The lowest BCUT2D eigenvalue weighted by atomic mass is 10.1. The molecule has 2 heterocycles. The van der Waals surface area contributed by atoms with Gasteiger partial charge in [0.25, 0.3) is 0 Å². The summed E-state index contributed by atoms with van der Waals surface area (Å²) in [5.41, 5.74) is 9.46. The third-order valence-electron chi connectivity index (χ3n) is 3.76. The van der Waals surface area contributed by atoms with Crippen molar-refractivity contribution >= 4 is 43.1 Å². The maximum atomic E-state index is 12.6. The molecule has 0 radical (unpaired) electrons. The summed E-state index contributed by atoms with van der Waals surface area (Å²) in [6, 6.07) is 11.7. The second-order valence-corrected chi connectivity index (χ2v) is 6.31. The van der Waals surface area contributed by atoms with Crippen LogP contribution in [0.2, 0.25) is 0 Å². The van der Waals surface area contributed by atoms with Crippen molar-refractivity contribution in [1.82, 2.24) is 14.9 Å². The number of rotatable bonds is 7. The molecule has 0 aliphatic rings. The number of aromatic nitrogens is 2. The Morgan fingerprint density at radius 3 is 1.78 bits per heavy atom. The number of carbonyl (C=O) groups excluding carboxylic acids is 1. The third-order valence-corrected chi connectivity index (χ3v) is 3.76. The molecule has 0 fully saturated rings. The average Bonchev–Trinajstić information content (AvgIpc) is 2.52. The molecule has 5 nitrogen and oxygen atoms in total. The summed E-state index contributed by atoms with van der Waals surface area (Å²) in [5.74, 6) is 0.0823. The topological polar surface area (TPSA) is 72.1 Å². The van der Waals surface area contributed by atoms with Crippen molar-refractivity contribution in [1.29, 1.82) is 0 Å². The molecule has 0 aliphatic carbocycles. The summed E-state index contributed by atoms with van der Waals surface area (Å²) >= 11 is 0. The van der Waals surface area contributed by atoms with E-state index in [9.17, 15) is 4.79 Å². The number of nitrogens with zero attached hydrogens (tertiary/aromatic N) is 3. The van der Waals surface area contributed by atoms with Crippen LogP contribution < -0.4 is 5.73 Å². The van der Waals surface area contributed by atoms with Crippen LogP contribution in [0.25, 0.3) is 0 Å². The largest absolute Gasteiger partial charge is 0.331 e. The average molecular weight is 436 g/mol. The first kappa shape index (κ1) is 27.8. The minimum Gasteiger partial charge on any atom is -0.331 e. The number of hydrogen-bond acceptors (Lipinski definition) is 4. The Morgan fingerprint density at radius 1 is 0.963 bits per heavy atom. The Hall–Kier alpha value is -1.40. The lowest BCUT2D eigenvalue weighted by Gasteiger charge is -2.23. The molecule has 0 saturated heterocycles. The van der Waals surface area contributed by atoms with Gasteiger partial charge in [-0.3, -0.25) is 14.8 Å². The number of hydrogen-bond donors (Lipinski definition) is 1. The Morgan fingerprint density at radius 2 is 1.41 bits per heavy atom. The van der Waals surface area contributed by atoms with E-state index in [0.717, 1.165) is 22.8 Å². The second kappa shape index (κ2) is 13.7. The van der Waals surface area contributed by atoms with Crippen LogP contribution in [0.5, 0.6) is 0 Å². The summed E-state index contributed by atoms with van der Waals surface area (Å²) in [4.78, 5) is 23.5. The summed E-state index contributed by atoms with van der Waals surface area (Å²) in [6.07, 6.45) is 1.12. The summed E-state index contributed by atoms with van der Waals surface area (Å²) in [5, 5.41) is 0. The van der Waals surface area contributed by atoms with Gasteiger partial charge in [-0.25, -0.2) is 0 Å². The van der Waals surface area contributed by atoms with Crippen LogP contribution >= 0.6 is 37.2 Å². The van der Waals surface area contributed by atoms with E-state index in [1.807, 2.05) is 62.1 Å². The van der Waals surface area contributed by atoms with Crippen molar-refractivity contribution in [2.75, 3.05) is 0 Å². The molecule has 1 unspecified atom stereocenters. The third kappa shape index (κ3) is 9.91. The second-order valence-electron chi connectivity index (χ2n) is 6.31. The number of nitrogens with two attached hydrogens (primary N) is 1. The van der Waals surface area contributed by atoms with Crippen LogP contribution in [0.3, 0.4) is 0 Å². The predicted molar refractivity (Wildman–Crippen MR) is 117 cm³/mol. The molecule has 0 saturated carbocycles. The molecule has 2 aromatic heterocycles. The first-order valence-corrected chi connectivity index (χ1v) is 8.32. The van der Waals surface area contributed by atoms with E-state index in [4.69, 9.17) is 5.73 Å². The maximum Gasteiger partial charge on any atom is 0.223 e. The Balaban J connectivity index is 0. The zero-order chi connectivity index (χ0) is 17.5. The zero-order valence-electron chi connectivity index (χ0n) is 15.9. The minimum absolute atomic E-state index is 0. The van der Waals surface area contributed by atoms with Crippen molar-refractivity contribution in [2.24, 2.45) is 5.73 Å². The van der Waals surface area contributed by atoms with Gasteiger partial charge in [0, 0.05) is 23.9 Å². The van der Waals surface area contributed by atoms with Crippen molar-refractivity contribution in [3.8, 4) is 0 Å². The van der Waals surface area contributed by atoms with Crippen molar-refractivity contribution in [3.63, 3.8) is 0 Å². The summed E-state index contributed by atoms with van der Waals surface area (Å²) in [6.45, 7) is 6.79. The fraction of sp³-hybridized carbons (Fsp3) is 0.421. The molecule has 0 aliphatic heterocycles. The molecule has 1 atom stereocenters. The highest BCUT2D eigenvalue weighted by atomic mass is 35.5. The van der Waals surface area contributed by atoms with E-state index >= 15 is 0 Å². The van der Waals surface area contributed by atoms with E-state index in [-0.39, 0.29) is 49.2 Å². The molecular weight excluding hydrogens is 407 g/mol. The molecule has 0 aromatic carbocycles. The SMILES string of the molecule is Cc1cccc(CN(Cc2cccc(C)n2)C(=O)CCC(C)N)n1.Cl.Cl.Cl. The highest BCUT2D eigenvalue weighted by molar-refractivity contribution is 5.86. The smallest absolute Gasteiger partial charge is 0.223 e. The number of halogens is 3. The van der Waals surface area contributed by atoms with Gasteiger partial charge in [-0.2, -0.15) is 0 Å². The first-order chi connectivity index (χ1) is 11.4. The molecule has 152 valence electrons. The van der Waals surface area contributed by atoms with Crippen LogP contribution in [0, 0.1) is 13.8 Å². The van der Waals surface area contributed by atoms with Gasteiger partial charge < -0.3 is 10.6 Å². The quantitative estimate of drug-likeness (QED) is 0.713. The molecule has 2 aromatic rings. The van der Waals surface area contributed by atoms with E-state index in [1.165, 1.54) is 0 Å². The standard InChI is InChI=1S/C19H26N4O.3ClH/c1-14(20)10-11-19(24)23(12-17-8-4-6-15(2)21-17)13-18-9-5-7-16(3)22-18;;;/h4-9,14H,10-13,20H2,1-3H3;3*1H. The van der Waals surface area contributed by atoms with E-state index in [1.54, 1.807) is 0 Å². The summed E-state index contributed by atoms with van der Waals surface area (Å²) < 4.78 is 0. The van der Waals surface area contributed by atoms with Crippen LogP contribution in [-0.4, -0.2) is 26.8 Å². The number of aryl methyl sites for hydroxylation is 2. The van der Waals surface area contributed by atoms with Crippen molar-refractivity contribution in [2.45, 2.75) is 52.7 Å². The van der Waals surface area contributed by atoms with Gasteiger partial charge >= 0.3 is 0 Å².